The second-order valence-corrected chi connectivity index (χ2v) is 10.3. The molecule has 9 heteroatoms. The van der Waals surface area contributed by atoms with Gasteiger partial charge in [-0.1, -0.05) is 29.4 Å². The highest BCUT2D eigenvalue weighted by Crippen LogP contribution is 2.37. The molecule has 1 N–H and O–H groups in total. The minimum Gasteiger partial charge on any atom is -0.489 e. The highest BCUT2D eigenvalue weighted by molar-refractivity contribution is 8.01. The third-order valence-electron chi connectivity index (χ3n) is 5.39. The molecule has 0 bridgehead atoms. The highest BCUT2D eigenvalue weighted by Gasteiger charge is 2.20. The van der Waals surface area contributed by atoms with Crippen molar-refractivity contribution in [2.75, 3.05) is 25.5 Å². The van der Waals surface area contributed by atoms with Crippen molar-refractivity contribution in [2.45, 2.75) is 28.2 Å². The van der Waals surface area contributed by atoms with E-state index in [-0.39, 0.29) is 6.10 Å². The Morgan fingerprint density at radius 2 is 2.03 bits per heavy atom. The number of likely N-dealkylation sites (tertiary alicyclic amines) is 1. The Balaban J connectivity index is 1.41. The number of piperidine rings is 1. The Labute approximate surface area is 200 Å². The molecule has 0 amide bonds. The summed E-state index contributed by atoms with van der Waals surface area (Å²) < 4.78 is 7.38. The lowest BCUT2D eigenvalue weighted by Gasteiger charge is -2.29. The van der Waals surface area contributed by atoms with Gasteiger partial charge in [-0.25, -0.2) is 15.0 Å². The fraction of sp³-hybridized carbons (Fsp3) is 0.261. The fourth-order valence-electron chi connectivity index (χ4n) is 3.71. The molecule has 0 aliphatic carbocycles. The van der Waals surface area contributed by atoms with Crippen LogP contribution in [0.3, 0.4) is 0 Å². The van der Waals surface area contributed by atoms with Crippen molar-refractivity contribution in [2.24, 2.45) is 0 Å². The quantitative estimate of drug-likeness (QED) is 0.355. The van der Waals surface area contributed by atoms with Crippen molar-refractivity contribution < 1.29 is 4.74 Å². The van der Waals surface area contributed by atoms with Gasteiger partial charge in [0.2, 0.25) is 0 Å². The van der Waals surface area contributed by atoms with Crippen molar-refractivity contribution in [3.8, 4) is 5.75 Å². The molecule has 0 radical (unpaired) electrons. The molecular weight excluding hydrogens is 462 g/mol. The van der Waals surface area contributed by atoms with Gasteiger partial charge in [0.05, 0.1) is 15.9 Å². The smallest absolute Gasteiger partial charge is 0.154 e. The summed E-state index contributed by atoms with van der Waals surface area (Å²) in [4.78, 5) is 16.6. The van der Waals surface area contributed by atoms with Gasteiger partial charge in [0.15, 0.2) is 4.34 Å². The molecule has 1 fully saturated rings. The van der Waals surface area contributed by atoms with Crippen LogP contribution in [-0.2, 0) is 0 Å². The molecule has 32 heavy (non-hydrogen) atoms. The molecule has 6 nitrogen and oxygen atoms in total. The van der Waals surface area contributed by atoms with Crippen LogP contribution in [0.5, 0.6) is 5.75 Å². The van der Waals surface area contributed by atoms with Crippen LogP contribution < -0.4 is 10.1 Å². The van der Waals surface area contributed by atoms with E-state index in [1.807, 2.05) is 41.8 Å². The molecule has 164 valence electrons. The normalized spacial score (nSPS) is 15.2. The molecule has 0 spiro atoms. The van der Waals surface area contributed by atoms with Gasteiger partial charge in [0.25, 0.3) is 0 Å². The lowest BCUT2D eigenvalue weighted by molar-refractivity contribution is 0.116. The first-order chi connectivity index (χ1) is 15.7. The van der Waals surface area contributed by atoms with Gasteiger partial charge < -0.3 is 15.0 Å². The molecule has 0 atom stereocenters. The lowest BCUT2D eigenvalue weighted by atomic mass is 10.1. The van der Waals surface area contributed by atoms with E-state index in [1.54, 1.807) is 35.6 Å². The van der Waals surface area contributed by atoms with Crippen molar-refractivity contribution >= 4 is 57.1 Å². The Hall–Kier alpha value is -2.39. The lowest BCUT2D eigenvalue weighted by Crippen LogP contribution is -2.35. The maximum Gasteiger partial charge on any atom is 0.154 e. The van der Waals surface area contributed by atoms with E-state index < -0.39 is 0 Å². The van der Waals surface area contributed by atoms with E-state index in [9.17, 15) is 0 Å². The van der Waals surface area contributed by atoms with Crippen LogP contribution in [0, 0.1) is 0 Å². The number of benzene rings is 2. The van der Waals surface area contributed by atoms with Crippen LogP contribution in [0.15, 0.2) is 63.5 Å². The SMILES string of the molecule is CN1CCC(Oc2cccc3ncnc(Nc4ccc(Sc5nccs5)c(Cl)c4)c23)CC1. The summed E-state index contributed by atoms with van der Waals surface area (Å²) in [5, 5.41) is 6.91. The van der Waals surface area contributed by atoms with E-state index in [4.69, 9.17) is 16.3 Å². The number of aromatic nitrogens is 3. The van der Waals surface area contributed by atoms with Gasteiger partial charge in [0.1, 0.15) is 24.0 Å². The molecule has 0 unspecified atom stereocenters. The van der Waals surface area contributed by atoms with Crippen LogP contribution >= 0.6 is 34.7 Å². The summed E-state index contributed by atoms with van der Waals surface area (Å²) in [5.74, 6) is 1.51. The number of thiazole rings is 1. The van der Waals surface area contributed by atoms with Gasteiger partial charge in [-0.15, -0.1) is 11.3 Å². The van der Waals surface area contributed by atoms with E-state index in [1.165, 1.54) is 0 Å². The second-order valence-electron chi connectivity index (χ2n) is 7.66. The molecule has 1 aliphatic heterocycles. The molecule has 2 aromatic carbocycles. The number of fused-ring (bicyclic) bond motifs is 1. The highest BCUT2D eigenvalue weighted by atomic mass is 35.5. The third kappa shape index (κ3) is 4.83. The van der Waals surface area contributed by atoms with Gasteiger partial charge in [0, 0.05) is 35.2 Å². The third-order valence-corrected chi connectivity index (χ3v) is 7.77. The standard InChI is InChI=1S/C23H22ClN5OS2/c1-29-10-7-16(8-11-29)30-19-4-2-3-18-21(19)22(27-14-26-18)28-15-5-6-20(17(24)13-15)32-23-25-9-12-31-23/h2-6,9,12-14,16H,7-8,10-11H2,1H3,(H,26,27,28). The van der Waals surface area contributed by atoms with E-state index >= 15 is 0 Å². The maximum atomic E-state index is 6.56. The second kappa shape index (κ2) is 9.62. The van der Waals surface area contributed by atoms with Gasteiger partial charge in [-0.3, -0.25) is 0 Å². The number of hydrogen-bond acceptors (Lipinski definition) is 8. The minimum atomic E-state index is 0.196. The molecule has 5 rings (SSSR count). The summed E-state index contributed by atoms with van der Waals surface area (Å²) in [6.07, 6.45) is 5.58. The minimum absolute atomic E-state index is 0.196. The zero-order valence-electron chi connectivity index (χ0n) is 17.5. The molecule has 2 aromatic heterocycles. The van der Waals surface area contributed by atoms with Crippen molar-refractivity contribution in [3.05, 3.63) is 59.3 Å². The Bertz CT molecular complexity index is 1210. The monoisotopic (exact) mass is 483 g/mol. The number of rotatable bonds is 6. The first kappa shape index (κ1) is 21.5. The van der Waals surface area contributed by atoms with E-state index in [2.05, 4.69) is 32.2 Å². The summed E-state index contributed by atoms with van der Waals surface area (Å²) in [7, 11) is 2.15. The molecule has 3 heterocycles. The number of nitrogens with one attached hydrogen (secondary N) is 1. The van der Waals surface area contributed by atoms with Gasteiger partial charge >= 0.3 is 0 Å². The number of halogens is 1. The van der Waals surface area contributed by atoms with Gasteiger partial charge in [-0.05, 0) is 50.2 Å². The summed E-state index contributed by atoms with van der Waals surface area (Å²) in [6, 6.07) is 11.9. The average Bonchev–Trinajstić information content (AvgIpc) is 3.31. The Morgan fingerprint density at radius 3 is 2.81 bits per heavy atom. The average molecular weight is 484 g/mol. The molecule has 4 aromatic rings. The number of anilines is 2. The summed E-state index contributed by atoms with van der Waals surface area (Å²) in [6.45, 7) is 2.09. The van der Waals surface area contributed by atoms with Gasteiger partial charge in [-0.2, -0.15) is 0 Å². The fourth-order valence-corrected chi connectivity index (χ4v) is 5.59. The predicted molar refractivity (Wildman–Crippen MR) is 132 cm³/mol. The molecule has 0 saturated carbocycles. The van der Waals surface area contributed by atoms with Crippen molar-refractivity contribution in [3.63, 3.8) is 0 Å². The molecular formula is C23H22ClN5OS2. The largest absolute Gasteiger partial charge is 0.489 e. The van der Waals surface area contributed by atoms with Crippen LogP contribution in [0.25, 0.3) is 10.9 Å². The first-order valence-corrected chi connectivity index (χ1v) is 12.5. The van der Waals surface area contributed by atoms with Crippen molar-refractivity contribution in [1.29, 1.82) is 0 Å². The zero-order valence-corrected chi connectivity index (χ0v) is 19.9. The molecule has 1 aliphatic rings. The predicted octanol–water partition coefficient (Wildman–Crippen LogP) is 6.11. The Kier molecular flexibility index (Phi) is 6.45. The van der Waals surface area contributed by atoms with E-state index in [0.717, 1.165) is 57.5 Å². The summed E-state index contributed by atoms with van der Waals surface area (Å²) in [5.41, 5.74) is 1.70. The van der Waals surface area contributed by atoms with Crippen LogP contribution in [0.2, 0.25) is 5.02 Å². The van der Waals surface area contributed by atoms with Crippen molar-refractivity contribution in [1.82, 2.24) is 19.9 Å². The molecule has 1 saturated heterocycles. The van der Waals surface area contributed by atoms with Crippen LogP contribution in [0.4, 0.5) is 11.5 Å². The topological polar surface area (TPSA) is 63.2 Å². The number of nitrogens with zero attached hydrogens (tertiary/aromatic N) is 4. The Morgan fingerprint density at radius 1 is 1.16 bits per heavy atom. The van der Waals surface area contributed by atoms with E-state index in [0.29, 0.717) is 10.8 Å². The summed E-state index contributed by atoms with van der Waals surface area (Å²) >= 11 is 9.71. The first-order valence-electron chi connectivity index (χ1n) is 10.4. The maximum absolute atomic E-state index is 6.56. The number of hydrogen-bond donors (Lipinski definition) is 1. The van der Waals surface area contributed by atoms with Crippen LogP contribution in [0.1, 0.15) is 12.8 Å². The van der Waals surface area contributed by atoms with Crippen LogP contribution in [-0.4, -0.2) is 46.1 Å². The number of ether oxygens (including phenoxy) is 1. The zero-order chi connectivity index (χ0) is 21.9.